The Labute approximate surface area is 219 Å². The Bertz CT molecular complexity index is 1330. The summed E-state index contributed by atoms with van der Waals surface area (Å²) in [5.74, 6) is -8.99. The maximum absolute atomic E-state index is 13.9. The molecular formula is C28H31N3O7. The Kier molecular flexibility index (Phi) is 6.45. The highest BCUT2D eigenvalue weighted by atomic mass is 16.3. The molecule has 1 aromatic heterocycles. The number of primary amides is 1. The lowest BCUT2D eigenvalue weighted by molar-refractivity contribution is -0.190. The van der Waals surface area contributed by atoms with E-state index in [9.17, 15) is 34.5 Å². The van der Waals surface area contributed by atoms with Crippen LogP contribution in [0.4, 0.5) is 0 Å². The van der Waals surface area contributed by atoms with Crippen molar-refractivity contribution in [3.8, 4) is 5.75 Å². The second kappa shape index (κ2) is 9.37. The minimum atomic E-state index is -2.66. The number of phenols is 1. The predicted molar refractivity (Wildman–Crippen MR) is 134 cm³/mol. The van der Waals surface area contributed by atoms with Gasteiger partial charge in [0.25, 0.3) is 0 Å². The van der Waals surface area contributed by atoms with Gasteiger partial charge in [-0.1, -0.05) is 12.1 Å². The van der Waals surface area contributed by atoms with E-state index in [2.05, 4.69) is 4.98 Å². The Morgan fingerprint density at radius 2 is 1.87 bits per heavy atom. The fraction of sp³-hybridized carbons (Fsp3) is 0.464. The largest absolute Gasteiger partial charge is 0.507 e. The van der Waals surface area contributed by atoms with Crippen LogP contribution >= 0.6 is 0 Å². The summed E-state index contributed by atoms with van der Waals surface area (Å²) in [5, 5.41) is 33.3. The van der Waals surface area contributed by atoms with Crippen LogP contribution in [0.1, 0.15) is 33.6 Å². The molecule has 2 saturated carbocycles. The highest BCUT2D eigenvalue weighted by Crippen LogP contribution is 2.51. The number of hydrogen-bond acceptors (Lipinski definition) is 9. The monoisotopic (exact) mass is 521 g/mol. The van der Waals surface area contributed by atoms with Gasteiger partial charge in [-0.2, -0.15) is 0 Å². The maximum Gasteiger partial charge on any atom is 0.230 e. The number of hydrogen-bond donors (Lipinski definition) is 4. The molecule has 0 spiro atoms. The van der Waals surface area contributed by atoms with Crippen molar-refractivity contribution in [2.24, 2.45) is 29.4 Å². The normalized spacial score (nSPS) is 32.5. The summed E-state index contributed by atoms with van der Waals surface area (Å²) in [6.07, 6.45) is 1.72. The van der Waals surface area contributed by atoms with E-state index in [-0.39, 0.29) is 24.2 Å². The summed E-state index contributed by atoms with van der Waals surface area (Å²) in [7, 11) is 3.24. The van der Waals surface area contributed by atoms with Crippen LogP contribution in [0.5, 0.6) is 5.75 Å². The van der Waals surface area contributed by atoms with Crippen molar-refractivity contribution in [3.05, 3.63) is 58.9 Å². The lowest BCUT2D eigenvalue weighted by Gasteiger charge is -2.54. The average molecular weight is 522 g/mol. The Balaban J connectivity index is 1.56. The van der Waals surface area contributed by atoms with Crippen LogP contribution in [-0.4, -0.2) is 80.3 Å². The van der Waals surface area contributed by atoms with E-state index in [0.717, 1.165) is 11.3 Å². The molecule has 7 atom stereocenters. The lowest BCUT2D eigenvalue weighted by Crippen LogP contribution is -2.75. The number of amides is 1. The predicted octanol–water partition coefficient (Wildman–Crippen LogP) is -0.161. The number of fused-ring (bicyclic) bond motifs is 3. The standard InChI is InChI=1S/C28H31N3O7/c1-31(2)22-17-12-14-11-16-13(6-8-15-5-3-4-10-30-15)7-9-18(32)20(16)23(33)19(14)25(35)28(17,38)26(36)21(24(22)34)27(29)37/h3-5,7,9-10,14,17,19,21-22,24,32,34,38H,6,8,11-12H2,1-2H3,(H2,29,37)/t14-,17-,19?,21?,22-,24?,28-/m1/s1. The van der Waals surface area contributed by atoms with Gasteiger partial charge < -0.3 is 26.0 Å². The van der Waals surface area contributed by atoms with Gasteiger partial charge in [-0.3, -0.25) is 24.2 Å². The van der Waals surface area contributed by atoms with Crippen LogP contribution in [0.2, 0.25) is 0 Å². The zero-order chi connectivity index (χ0) is 27.5. The third-order valence-corrected chi connectivity index (χ3v) is 8.65. The number of rotatable bonds is 5. The topological polar surface area (TPSA) is 171 Å². The molecule has 0 radical (unpaired) electrons. The number of aromatic nitrogens is 1. The van der Waals surface area contributed by atoms with Crippen molar-refractivity contribution in [2.75, 3.05) is 14.1 Å². The van der Waals surface area contributed by atoms with Crippen molar-refractivity contribution in [2.45, 2.75) is 43.4 Å². The molecule has 3 unspecified atom stereocenters. The van der Waals surface area contributed by atoms with E-state index in [1.807, 2.05) is 18.2 Å². The van der Waals surface area contributed by atoms with Gasteiger partial charge in [0.1, 0.15) is 11.7 Å². The van der Waals surface area contributed by atoms with Crippen LogP contribution < -0.4 is 5.73 Å². The number of pyridine rings is 1. The number of Topliss-reactive ketones (excluding diaryl/α,β-unsaturated/α-hetero) is 3. The summed E-state index contributed by atoms with van der Waals surface area (Å²) in [6, 6.07) is 7.88. The Morgan fingerprint density at radius 1 is 1.13 bits per heavy atom. The molecule has 200 valence electrons. The smallest absolute Gasteiger partial charge is 0.230 e. The van der Waals surface area contributed by atoms with Crippen molar-refractivity contribution < 1.29 is 34.5 Å². The quantitative estimate of drug-likeness (QED) is 0.390. The van der Waals surface area contributed by atoms with Gasteiger partial charge in [0.15, 0.2) is 23.0 Å². The summed E-state index contributed by atoms with van der Waals surface area (Å²) >= 11 is 0. The first-order valence-corrected chi connectivity index (χ1v) is 12.7. The highest BCUT2D eigenvalue weighted by Gasteiger charge is 2.69. The number of nitrogens with zero attached hydrogens (tertiary/aromatic N) is 2. The van der Waals surface area contributed by atoms with E-state index in [1.165, 1.54) is 6.07 Å². The molecule has 0 aliphatic heterocycles. The second-order valence-corrected chi connectivity index (χ2v) is 10.9. The molecule has 10 heteroatoms. The molecule has 2 fully saturated rings. The van der Waals surface area contributed by atoms with Crippen LogP contribution in [0.15, 0.2) is 36.5 Å². The van der Waals surface area contributed by atoms with Gasteiger partial charge in [-0.05, 0) is 75.0 Å². The van der Waals surface area contributed by atoms with Crippen LogP contribution in [-0.2, 0) is 33.6 Å². The van der Waals surface area contributed by atoms with Crippen LogP contribution in [0.25, 0.3) is 0 Å². The van der Waals surface area contributed by atoms with Crippen molar-refractivity contribution in [1.29, 1.82) is 0 Å². The van der Waals surface area contributed by atoms with Crippen LogP contribution in [0.3, 0.4) is 0 Å². The maximum atomic E-state index is 13.9. The molecule has 38 heavy (non-hydrogen) atoms. The average Bonchev–Trinajstić information content (AvgIpc) is 2.86. The van der Waals surface area contributed by atoms with E-state index in [4.69, 9.17) is 5.73 Å². The fourth-order valence-corrected chi connectivity index (χ4v) is 6.93. The molecule has 5 rings (SSSR count). The number of aromatic hydroxyl groups is 1. The number of aliphatic hydroxyl groups is 2. The molecule has 3 aliphatic carbocycles. The summed E-state index contributed by atoms with van der Waals surface area (Å²) < 4.78 is 0. The molecule has 0 saturated heterocycles. The molecule has 1 amide bonds. The Hall–Kier alpha value is -3.47. The first-order valence-electron chi connectivity index (χ1n) is 12.7. The number of nitrogens with two attached hydrogens (primary N) is 1. The minimum Gasteiger partial charge on any atom is -0.507 e. The molecular weight excluding hydrogens is 490 g/mol. The number of carbonyl (C=O) groups excluding carboxylic acids is 4. The first-order chi connectivity index (χ1) is 18.0. The van der Waals surface area contributed by atoms with Gasteiger partial charge in [-0.25, -0.2) is 0 Å². The summed E-state index contributed by atoms with van der Waals surface area (Å²) in [6.45, 7) is 0. The molecule has 3 aliphatic rings. The van der Waals surface area contributed by atoms with Gasteiger partial charge in [0, 0.05) is 23.9 Å². The minimum absolute atomic E-state index is 0.0269. The summed E-state index contributed by atoms with van der Waals surface area (Å²) in [5.41, 5.74) is 5.14. The van der Waals surface area contributed by atoms with E-state index in [0.29, 0.717) is 18.4 Å². The van der Waals surface area contributed by atoms with E-state index in [1.54, 1.807) is 31.3 Å². The third kappa shape index (κ3) is 3.78. The molecule has 2 aromatic rings. The van der Waals surface area contributed by atoms with Crippen molar-refractivity contribution in [1.82, 2.24) is 9.88 Å². The number of aliphatic hydroxyl groups excluding tert-OH is 1. The number of ketones is 3. The zero-order valence-electron chi connectivity index (χ0n) is 21.2. The molecule has 0 bridgehead atoms. The Morgan fingerprint density at radius 3 is 2.50 bits per heavy atom. The molecule has 5 N–H and O–H groups in total. The summed E-state index contributed by atoms with van der Waals surface area (Å²) in [4.78, 5) is 59.0. The van der Waals surface area contributed by atoms with Crippen molar-refractivity contribution in [3.63, 3.8) is 0 Å². The first kappa shape index (κ1) is 26.1. The van der Waals surface area contributed by atoms with Gasteiger partial charge >= 0.3 is 0 Å². The fourth-order valence-electron chi connectivity index (χ4n) is 6.93. The molecule has 1 heterocycles. The number of phenolic OH excluding ortho intramolecular Hbond substituents is 1. The number of benzene rings is 1. The zero-order valence-corrected chi connectivity index (χ0v) is 21.2. The van der Waals surface area contributed by atoms with Gasteiger partial charge in [0.2, 0.25) is 5.91 Å². The van der Waals surface area contributed by atoms with Gasteiger partial charge in [-0.15, -0.1) is 0 Å². The number of likely N-dealkylation sites (N-methyl/N-ethyl adjacent to an activating group) is 1. The molecule has 1 aromatic carbocycles. The lowest BCUT2D eigenvalue weighted by atomic mass is 9.52. The van der Waals surface area contributed by atoms with Crippen molar-refractivity contribution >= 4 is 23.3 Å². The molecule has 10 nitrogen and oxygen atoms in total. The van der Waals surface area contributed by atoms with Crippen LogP contribution in [0, 0.1) is 23.7 Å². The third-order valence-electron chi connectivity index (χ3n) is 8.65. The van der Waals surface area contributed by atoms with E-state index >= 15 is 0 Å². The second-order valence-electron chi connectivity index (χ2n) is 10.9. The van der Waals surface area contributed by atoms with Gasteiger partial charge in [0.05, 0.1) is 17.6 Å². The van der Waals surface area contributed by atoms with E-state index < -0.39 is 64.7 Å². The SMILES string of the molecule is CN(C)[C@H]1C(O)C(C(N)=O)C(=O)[C@]2(O)C(=O)C3C(=O)c4c(O)ccc(CCc5ccccn5)c4C[C@@H]3C[C@H]12. The number of aryl methyl sites for hydroxylation is 2. The highest BCUT2D eigenvalue weighted by molar-refractivity contribution is 6.25. The number of carbonyl (C=O) groups is 4.